The Kier molecular flexibility index (Phi) is 11.5. The summed E-state index contributed by atoms with van der Waals surface area (Å²) in [6.07, 6.45) is 15.5. The maximum atomic E-state index is 15.2. The number of hydrogen-bond donors (Lipinski definition) is 0. The van der Waals surface area contributed by atoms with Crippen LogP contribution in [-0.2, 0) is 11.2 Å². The second kappa shape index (κ2) is 15.2. The molecular formula is C36H43F3O. The fourth-order valence-corrected chi connectivity index (χ4v) is 5.71. The first-order valence-corrected chi connectivity index (χ1v) is 15.1. The Morgan fingerprint density at radius 1 is 0.800 bits per heavy atom. The molecule has 0 radical (unpaired) electrons. The molecular weight excluding hydrogens is 505 g/mol. The third-order valence-corrected chi connectivity index (χ3v) is 8.18. The highest BCUT2D eigenvalue weighted by Crippen LogP contribution is 2.36. The van der Waals surface area contributed by atoms with Crippen LogP contribution in [0.4, 0.5) is 13.2 Å². The van der Waals surface area contributed by atoms with Gasteiger partial charge in [0.15, 0.2) is 11.6 Å². The van der Waals surface area contributed by atoms with Crippen molar-refractivity contribution >= 4 is 0 Å². The molecule has 0 saturated carbocycles. The topological polar surface area (TPSA) is 9.23 Å². The second-order valence-corrected chi connectivity index (χ2v) is 11.1. The Balaban J connectivity index is 1.36. The summed E-state index contributed by atoms with van der Waals surface area (Å²) in [5.41, 5.74) is 3.41. The zero-order valence-electron chi connectivity index (χ0n) is 24.0. The molecule has 1 heterocycles. The minimum absolute atomic E-state index is 0.197. The SMILES string of the molecule is CC=CCCCc1ccc(-c2ccc(-c3ccc(C4CCC(CCCCCCC)CO4)c(F)c3)cc2)c(F)c1F. The second-order valence-electron chi connectivity index (χ2n) is 11.1. The van der Waals surface area contributed by atoms with Crippen molar-refractivity contribution in [3.63, 3.8) is 0 Å². The lowest BCUT2D eigenvalue weighted by atomic mass is 9.90. The summed E-state index contributed by atoms with van der Waals surface area (Å²) in [5.74, 6) is -1.28. The van der Waals surface area contributed by atoms with Crippen molar-refractivity contribution in [3.05, 3.63) is 95.3 Å². The molecule has 0 N–H and O–H groups in total. The molecule has 0 amide bonds. The molecule has 0 aliphatic carbocycles. The number of benzene rings is 3. The van der Waals surface area contributed by atoms with Crippen molar-refractivity contribution in [2.75, 3.05) is 6.61 Å². The van der Waals surface area contributed by atoms with Crippen molar-refractivity contribution in [2.45, 2.75) is 90.6 Å². The van der Waals surface area contributed by atoms with Gasteiger partial charge in [0, 0.05) is 11.1 Å². The van der Waals surface area contributed by atoms with Gasteiger partial charge in [-0.1, -0.05) is 99.7 Å². The van der Waals surface area contributed by atoms with Crippen molar-refractivity contribution < 1.29 is 17.9 Å². The molecule has 2 atom stereocenters. The maximum absolute atomic E-state index is 15.2. The third-order valence-electron chi connectivity index (χ3n) is 8.18. The van der Waals surface area contributed by atoms with Gasteiger partial charge >= 0.3 is 0 Å². The number of rotatable bonds is 13. The molecule has 1 fully saturated rings. The molecule has 1 nitrogen and oxygen atoms in total. The zero-order chi connectivity index (χ0) is 28.3. The first-order valence-electron chi connectivity index (χ1n) is 15.1. The van der Waals surface area contributed by atoms with Crippen LogP contribution in [0.1, 0.15) is 95.3 Å². The Bertz CT molecular complexity index is 1240. The van der Waals surface area contributed by atoms with E-state index in [4.69, 9.17) is 4.74 Å². The predicted molar refractivity (Wildman–Crippen MR) is 160 cm³/mol. The van der Waals surface area contributed by atoms with E-state index in [1.165, 1.54) is 38.5 Å². The van der Waals surface area contributed by atoms with E-state index in [9.17, 15) is 8.78 Å². The van der Waals surface area contributed by atoms with Crippen LogP contribution >= 0.6 is 0 Å². The third kappa shape index (κ3) is 7.87. The van der Waals surface area contributed by atoms with Crippen LogP contribution in [0.5, 0.6) is 0 Å². The first kappa shape index (κ1) is 30.1. The van der Waals surface area contributed by atoms with Crippen molar-refractivity contribution in [2.24, 2.45) is 5.92 Å². The first-order chi connectivity index (χ1) is 19.5. The summed E-state index contributed by atoms with van der Waals surface area (Å²) in [4.78, 5) is 0. The van der Waals surface area contributed by atoms with Gasteiger partial charge in [-0.05, 0) is 79.7 Å². The van der Waals surface area contributed by atoms with Gasteiger partial charge in [0.2, 0.25) is 0 Å². The van der Waals surface area contributed by atoms with E-state index in [1.54, 1.807) is 30.3 Å². The summed E-state index contributed by atoms with van der Waals surface area (Å²) >= 11 is 0. The molecule has 4 rings (SSSR count). The number of ether oxygens (including phenoxy) is 1. The maximum Gasteiger partial charge on any atom is 0.166 e. The van der Waals surface area contributed by atoms with Crippen LogP contribution in [-0.4, -0.2) is 6.61 Å². The molecule has 4 heteroatoms. The molecule has 2 unspecified atom stereocenters. The van der Waals surface area contributed by atoms with E-state index in [1.807, 2.05) is 43.3 Å². The van der Waals surface area contributed by atoms with Crippen molar-refractivity contribution in [1.82, 2.24) is 0 Å². The average Bonchev–Trinajstić information content (AvgIpc) is 2.98. The standard InChI is InChI=1S/C36H43F3O/c1-3-5-7-9-10-12-26-14-23-34(40-25-26)32-22-20-30(24-33(32)37)27-15-17-28(18-16-27)31-21-19-29(35(38)36(31)39)13-11-8-6-4-2/h4,6,15-22,24,26,34H,3,5,7-14,23,25H2,1-2H3. The average molecular weight is 549 g/mol. The Morgan fingerprint density at radius 2 is 1.55 bits per heavy atom. The van der Waals surface area contributed by atoms with E-state index >= 15 is 4.39 Å². The molecule has 1 aliphatic rings. The Hall–Kier alpha value is -2.85. The highest BCUT2D eigenvalue weighted by Gasteiger charge is 2.25. The Morgan fingerprint density at radius 3 is 2.25 bits per heavy atom. The minimum Gasteiger partial charge on any atom is -0.373 e. The summed E-state index contributed by atoms with van der Waals surface area (Å²) in [7, 11) is 0. The summed E-state index contributed by atoms with van der Waals surface area (Å²) < 4.78 is 50.9. The fourth-order valence-electron chi connectivity index (χ4n) is 5.71. The molecule has 0 bridgehead atoms. The molecule has 214 valence electrons. The van der Waals surface area contributed by atoms with Gasteiger partial charge < -0.3 is 4.74 Å². The van der Waals surface area contributed by atoms with Gasteiger partial charge in [0.05, 0.1) is 12.7 Å². The van der Waals surface area contributed by atoms with Gasteiger partial charge in [0.25, 0.3) is 0 Å². The number of hydrogen-bond acceptors (Lipinski definition) is 1. The molecule has 0 aromatic heterocycles. The van der Waals surface area contributed by atoms with Crippen molar-refractivity contribution in [3.8, 4) is 22.3 Å². The number of unbranched alkanes of at least 4 members (excludes halogenated alkanes) is 5. The van der Waals surface area contributed by atoms with Gasteiger partial charge in [-0.2, -0.15) is 0 Å². The molecule has 1 aliphatic heterocycles. The smallest absolute Gasteiger partial charge is 0.166 e. The van der Waals surface area contributed by atoms with Gasteiger partial charge in [0.1, 0.15) is 5.82 Å². The molecule has 0 spiro atoms. The monoisotopic (exact) mass is 548 g/mol. The summed E-state index contributed by atoms with van der Waals surface area (Å²) in [6.45, 7) is 4.88. The lowest BCUT2D eigenvalue weighted by molar-refractivity contribution is -0.0215. The zero-order valence-corrected chi connectivity index (χ0v) is 24.0. The number of halogens is 3. The minimum atomic E-state index is -0.821. The highest BCUT2D eigenvalue weighted by molar-refractivity contribution is 5.71. The lowest BCUT2D eigenvalue weighted by Crippen LogP contribution is -2.21. The van der Waals surface area contributed by atoms with E-state index in [0.29, 0.717) is 35.6 Å². The molecule has 40 heavy (non-hydrogen) atoms. The largest absolute Gasteiger partial charge is 0.373 e. The van der Waals surface area contributed by atoms with Crippen LogP contribution in [0.2, 0.25) is 0 Å². The van der Waals surface area contributed by atoms with Crippen LogP contribution < -0.4 is 0 Å². The van der Waals surface area contributed by atoms with E-state index in [2.05, 4.69) is 6.92 Å². The normalized spacial score (nSPS) is 17.5. The predicted octanol–water partition coefficient (Wildman–Crippen LogP) is 11.2. The van der Waals surface area contributed by atoms with E-state index in [-0.39, 0.29) is 17.5 Å². The van der Waals surface area contributed by atoms with Crippen LogP contribution in [0.3, 0.4) is 0 Å². The van der Waals surface area contributed by atoms with Gasteiger partial charge in [-0.25, -0.2) is 13.2 Å². The van der Waals surface area contributed by atoms with Gasteiger partial charge in [-0.15, -0.1) is 0 Å². The lowest BCUT2D eigenvalue weighted by Gasteiger charge is -2.29. The molecule has 3 aromatic rings. The fraction of sp³-hybridized carbons (Fsp3) is 0.444. The molecule has 1 saturated heterocycles. The van der Waals surface area contributed by atoms with E-state index in [0.717, 1.165) is 36.8 Å². The molecule has 3 aromatic carbocycles. The van der Waals surface area contributed by atoms with E-state index < -0.39 is 11.6 Å². The summed E-state index contributed by atoms with van der Waals surface area (Å²) in [6, 6.07) is 15.8. The number of allylic oxidation sites excluding steroid dienone is 2. The quantitative estimate of drug-likeness (QED) is 0.152. The van der Waals surface area contributed by atoms with Crippen molar-refractivity contribution in [1.29, 1.82) is 0 Å². The summed E-state index contributed by atoms with van der Waals surface area (Å²) in [5, 5.41) is 0. The van der Waals surface area contributed by atoms with Crippen LogP contribution in [0.25, 0.3) is 22.3 Å². The number of aryl methyl sites for hydroxylation is 1. The van der Waals surface area contributed by atoms with Crippen LogP contribution in [0, 0.1) is 23.4 Å². The Labute approximate surface area is 238 Å². The van der Waals surface area contributed by atoms with Gasteiger partial charge in [-0.3, -0.25) is 0 Å². The highest BCUT2D eigenvalue weighted by atomic mass is 19.2. The van der Waals surface area contributed by atoms with Crippen LogP contribution in [0.15, 0.2) is 66.7 Å².